The molecule has 0 saturated heterocycles. The average Bonchev–Trinajstić information content (AvgIpc) is 2.80. The molecule has 2 aromatic rings. The van der Waals surface area contributed by atoms with Crippen LogP contribution in [0.3, 0.4) is 0 Å². The predicted octanol–water partition coefficient (Wildman–Crippen LogP) is 1.78. The van der Waals surface area contributed by atoms with Gasteiger partial charge in [0.2, 0.25) is 0 Å². The lowest BCUT2D eigenvalue weighted by atomic mass is 10.1. The van der Waals surface area contributed by atoms with Crippen molar-refractivity contribution in [3.8, 4) is 0 Å². The van der Waals surface area contributed by atoms with Crippen LogP contribution >= 0.6 is 0 Å². The van der Waals surface area contributed by atoms with E-state index in [1.165, 1.54) is 5.56 Å². The highest BCUT2D eigenvalue weighted by Crippen LogP contribution is 2.06. The predicted molar refractivity (Wildman–Crippen MR) is 73.0 cm³/mol. The van der Waals surface area contributed by atoms with Crippen LogP contribution in [0.25, 0.3) is 0 Å². The van der Waals surface area contributed by atoms with Gasteiger partial charge in [0, 0.05) is 24.1 Å². The van der Waals surface area contributed by atoms with Crippen LogP contribution in [0.5, 0.6) is 0 Å². The number of rotatable bonds is 5. The number of carbonyl (C=O) groups is 1. The highest BCUT2D eigenvalue weighted by atomic mass is 16.1. The van der Waals surface area contributed by atoms with E-state index < -0.39 is 0 Å². The SMILES string of the molecule is Cc1ncccc1C(=O)NCCCc1cn[nH]c1C. The summed E-state index contributed by atoms with van der Waals surface area (Å²) < 4.78 is 0. The lowest BCUT2D eigenvalue weighted by Crippen LogP contribution is -2.25. The van der Waals surface area contributed by atoms with Crippen LogP contribution in [0.4, 0.5) is 0 Å². The smallest absolute Gasteiger partial charge is 0.253 e. The largest absolute Gasteiger partial charge is 0.352 e. The maximum absolute atomic E-state index is 11.9. The van der Waals surface area contributed by atoms with Crippen molar-refractivity contribution < 1.29 is 4.79 Å². The van der Waals surface area contributed by atoms with E-state index in [2.05, 4.69) is 20.5 Å². The molecule has 100 valence electrons. The fraction of sp³-hybridized carbons (Fsp3) is 0.357. The third-order valence-corrected chi connectivity index (χ3v) is 3.09. The Morgan fingerprint density at radius 3 is 2.95 bits per heavy atom. The van der Waals surface area contributed by atoms with Crippen LogP contribution in [0.2, 0.25) is 0 Å². The van der Waals surface area contributed by atoms with Crippen molar-refractivity contribution in [1.29, 1.82) is 0 Å². The second-order valence-corrected chi connectivity index (χ2v) is 4.52. The van der Waals surface area contributed by atoms with Gasteiger partial charge in [-0.05, 0) is 44.4 Å². The molecule has 2 heterocycles. The van der Waals surface area contributed by atoms with Gasteiger partial charge in [0.05, 0.1) is 11.8 Å². The van der Waals surface area contributed by atoms with Gasteiger partial charge >= 0.3 is 0 Å². The van der Waals surface area contributed by atoms with Crippen molar-refractivity contribution in [2.75, 3.05) is 6.54 Å². The van der Waals surface area contributed by atoms with Crippen molar-refractivity contribution in [3.63, 3.8) is 0 Å². The van der Waals surface area contributed by atoms with Gasteiger partial charge in [-0.1, -0.05) is 0 Å². The van der Waals surface area contributed by atoms with Crippen LogP contribution in [-0.2, 0) is 6.42 Å². The molecule has 19 heavy (non-hydrogen) atoms. The van der Waals surface area contributed by atoms with E-state index in [0.29, 0.717) is 12.1 Å². The Hall–Kier alpha value is -2.17. The minimum Gasteiger partial charge on any atom is -0.352 e. The summed E-state index contributed by atoms with van der Waals surface area (Å²) in [4.78, 5) is 16.0. The van der Waals surface area contributed by atoms with Gasteiger partial charge in [-0.15, -0.1) is 0 Å². The fourth-order valence-corrected chi connectivity index (χ4v) is 1.93. The monoisotopic (exact) mass is 258 g/mol. The van der Waals surface area contributed by atoms with E-state index in [1.54, 1.807) is 18.3 Å². The van der Waals surface area contributed by atoms with E-state index in [9.17, 15) is 4.79 Å². The summed E-state index contributed by atoms with van der Waals surface area (Å²) in [5.74, 6) is -0.0606. The molecule has 0 atom stereocenters. The van der Waals surface area contributed by atoms with E-state index >= 15 is 0 Å². The van der Waals surface area contributed by atoms with Crippen molar-refractivity contribution in [1.82, 2.24) is 20.5 Å². The molecule has 5 nitrogen and oxygen atoms in total. The first kappa shape index (κ1) is 13.3. The van der Waals surface area contributed by atoms with Crippen LogP contribution in [0.15, 0.2) is 24.5 Å². The molecule has 0 saturated carbocycles. The standard InChI is InChI=1S/C14H18N4O/c1-10-12(9-17-18-10)5-3-8-16-14(19)13-6-4-7-15-11(13)2/h4,6-7,9H,3,5,8H2,1-2H3,(H,16,19)(H,17,18). The number of aryl methyl sites for hydroxylation is 3. The molecule has 0 fully saturated rings. The Morgan fingerprint density at radius 1 is 1.42 bits per heavy atom. The fourth-order valence-electron chi connectivity index (χ4n) is 1.93. The van der Waals surface area contributed by atoms with Crippen LogP contribution in [0, 0.1) is 13.8 Å². The lowest BCUT2D eigenvalue weighted by molar-refractivity contribution is 0.0952. The quantitative estimate of drug-likeness (QED) is 0.803. The molecule has 0 spiro atoms. The summed E-state index contributed by atoms with van der Waals surface area (Å²) in [7, 11) is 0. The highest BCUT2D eigenvalue weighted by molar-refractivity contribution is 5.95. The molecule has 5 heteroatoms. The van der Waals surface area contributed by atoms with Crippen molar-refractivity contribution in [3.05, 3.63) is 47.0 Å². The zero-order chi connectivity index (χ0) is 13.7. The number of hydrogen-bond acceptors (Lipinski definition) is 3. The lowest BCUT2D eigenvalue weighted by Gasteiger charge is -2.06. The number of nitrogens with one attached hydrogen (secondary N) is 2. The molecule has 2 rings (SSSR count). The molecule has 0 aliphatic heterocycles. The first-order chi connectivity index (χ1) is 9.18. The Morgan fingerprint density at radius 2 is 2.26 bits per heavy atom. The normalized spacial score (nSPS) is 10.4. The Kier molecular flexibility index (Phi) is 4.28. The van der Waals surface area contributed by atoms with Gasteiger partial charge in [-0.25, -0.2) is 0 Å². The molecular weight excluding hydrogens is 240 g/mol. The Bertz CT molecular complexity index is 562. The molecule has 0 radical (unpaired) electrons. The molecule has 2 N–H and O–H groups in total. The van der Waals surface area contributed by atoms with Gasteiger partial charge in [0.25, 0.3) is 5.91 Å². The average molecular weight is 258 g/mol. The van der Waals surface area contributed by atoms with Gasteiger partial charge in [-0.3, -0.25) is 14.9 Å². The summed E-state index contributed by atoms with van der Waals surface area (Å²) in [6.45, 7) is 4.49. The Balaban J connectivity index is 1.79. The zero-order valence-corrected chi connectivity index (χ0v) is 11.2. The highest BCUT2D eigenvalue weighted by Gasteiger charge is 2.08. The zero-order valence-electron chi connectivity index (χ0n) is 11.2. The first-order valence-electron chi connectivity index (χ1n) is 6.37. The van der Waals surface area contributed by atoms with E-state index in [1.807, 2.05) is 20.0 Å². The van der Waals surface area contributed by atoms with Crippen molar-refractivity contribution >= 4 is 5.91 Å². The molecule has 0 aliphatic carbocycles. The molecular formula is C14H18N4O. The summed E-state index contributed by atoms with van der Waals surface area (Å²) in [5.41, 5.74) is 3.69. The van der Waals surface area contributed by atoms with E-state index in [0.717, 1.165) is 24.2 Å². The number of aromatic amines is 1. The summed E-state index contributed by atoms with van der Waals surface area (Å²) >= 11 is 0. The van der Waals surface area contributed by atoms with Gasteiger partial charge in [-0.2, -0.15) is 5.10 Å². The second kappa shape index (κ2) is 6.13. The minimum atomic E-state index is -0.0606. The van der Waals surface area contributed by atoms with Crippen LogP contribution < -0.4 is 5.32 Å². The molecule has 0 aromatic carbocycles. The third-order valence-electron chi connectivity index (χ3n) is 3.09. The minimum absolute atomic E-state index is 0.0606. The number of H-pyrrole nitrogens is 1. The van der Waals surface area contributed by atoms with Gasteiger partial charge in [0.15, 0.2) is 0 Å². The molecule has 1 amide bonds. The van der Waals surface area contributed by atoms with E-state index in [-0.39, 0.29) is 5.91 Å². The van der Waals surface area contributed by atoms with Crippen LogP contribution in [-0.4, -0.2) is 27.6 Å². The van der Waals surface area contributed by atoms with Crippen LogP contribution in [0.1, 0.15) is 33.7 Å². The topological polar surface area (TPSA) is 70.7 Å². The number of nitrogens with zero attached hydrogens (tertiary/aromatic N) is 2. The van der Waals surface area contributed by atoms with Gasteiger partial charge in [0.1, 0.15) is 0 Å². The summed E-state index contributed by atoms with van der Waals surface area (Å²) in [6, 6.07) is 3.56. The number of aromatic nitrogens is 3. The summed E-state index contributed by atoms with van der Waals surface area (Å²) in [5, 5.41) is 9.79. The Labute approximate surface area is 112 Å². The number of amides is 1. The molecule has 0 aliphatic rings. The number of pyridine rings is 1. The van der Waals surface area contributed by atoms with Crippen molar-refractivity contribution in [2.24, 2.45) is 0 Å². The maximum Gasteiger partial charge on any atom is 0.253 e. The summed E-state index contributed by atoms with van der Waals surface area (Å²) in [6.07, 6.45) is 5.33. The molecule has 0 unspecified atom stereocenters. The number of carbonyl (C=O) groups excluding carboxylic acids is 1. The maximum atomic E-state index is 11.9. The van der Waals surface area contributed by atoms with Crippen molar-refractivity contribution in [2.45, 2.75) is 26.7 Å². The molecule has 0 bridgehead atoms. The van der Waals surface area contributed by atoms with E-state index in [4.69, 9.17) is 0 Å². The third kappa shape index (κ3) is 3.40. The second-order valence-electron chi connectivity index (χ2n) is 4.52. The number of hydrogen-bond donors (Lipinski definition) is 2. The first-order valence-corrected chi connectivity index (χ1v) is 6.37. The molecule has 2 aromatic heterocycles. The van der Waals surface area contributed by atoms with Gasteiger partial charge < -0.3 is 5.32 Å².